The summed E-state index contributed by atoms with van der Waals surface area (Å²) in [6.07, 6.45) is 2.52. The molecule has 0 fully saturated rings. The molecule has 0 bridgehead atoms. The summed E-state index contributed by atoms with van der Waals surface area (Å²) in [4.78, 5) is 33.8. The molecule has 1 rings (SSSR count). The highest BCUT2D eigenvalue weighted by Gasteiger charge is 2.18. The molecule has 0 aliphatic rings. The van der Waals surface area contributed by atoms with E-state index in [1.54, 1.807) is 12.1 Å². The number of hydrogen-bond donors (Lipinski definition) is 3. The molecule has 1 unspecified atom stereocenters. The van der Waals surface area contributed by atoms with E-state index >= 15 is 0 Å². The first-order valence-electron chi connectivity index (χ1n) is 7.89. The zero-order chi connectivity index (χ0) is 17.9. The van der Waals surface area contributed by atoms with E-state index in [1.165, 1.54) is 6.92 Å². The fourth-order valence-electron chi connectivity index (χ4n) is 2.27. The first-order valence-corrected chi connectivity index (χ1v) is 8.69. The fraction of sp³-hybridized carbons (Fsp3) is 0.471. The van der Waals surface area contributed by atoms with Crippen LogP contribution >= 0.6 is 15.9 Å². The van der Waals surface area contributed by atoms with Gasteiger partial charge in [-0.15, -0.1) is 0 Å². The molecule has 1 atom stereocenters. The van der Waals surface area contributed by atoms with Crippen molar-refractivity contribution in [2.45, 2.75) is 45.1 Å². The average Bonchev–Trinajstić information content (AvgIpc) is 2.49. The number of halogens is 1. The zero-order valence-electron chi connectivity index (χ0n) is 13.7. The Morgan fingerprint density at radius 3 is 2.58 bits per heavy atom. The van der Waals surface area contributed by atoms with E-state index in [2.05, 4.69) is 26.6 Å². The standard InChI is InChI=1S/C17H23BrN2O4/c1-12(21)19-9-4-2-3-8-16(22)20-15(11-17(23)24)13-6-5-7-14(18)10-13/h5-7,10,15H,2-4,8-9,11H2,1H3,(H,19,21)(H,20,22)(H,23,24). The Labute approximate surface area is 150 Å². The molecule has 6 nitrogen and oxygen atoms in total. The smallest absolute Gasteiger partial charge is 0.305 e. The van der Waals surface area contributed by atoms with Crippen molar-refractivity contribution in [2.24, 2.45) is 0 Å². The Bertz CT molecular complexity index is 577. The minimum Gasteiger partial charge on any atom is -0.481 e. The van der Waals surface area contributed by atoms with Gasteiger partial charge in [-0.25, -0.2) is 0 Å². The van der Waals surface area contributed by atoms with Gasteiger partial charge in [-0.05, 0) is 30.5 Å². The van der Waals surface area contributed by atoms with Gasteiger partial charge in [-0.1, -0.05) is 34.5 Å². The Balaban J connectivity index is 2.44. The molecule has 0 saturated heterocycles. The number of unbranched alkanes of at least 4 members (excludes halogenated alkanes) is 2. The maximum Gasteiger partial charge on any atom is 0.305 e. The number of benzene rings is 1. The van der Waals surface area contributed by atoms with Gasteiger partial charge in [-0.3, -0.25) is 14.4 Å². The van der Waals surface area contributed by atoms with Crippen LogP contribution in [0.25, 0.3) is 0 Å². The van der Waals surface area contributed by atoms with Crippen LogP contribution in [0.3, 0.4) is 0 Å². The van der Waals surface area contributed by atoms with Crippen molar-refractivity contribution in [3.63, 3.8) is 0 Å². The number of carbonyl (C=O) groups is 3. The summed E-state index contributed by atoms with van der Waals surface area (Å²) in [5.41, 5.74) is 0.755. The lowest BCUT2D eigenvalue weighted by molar-refractivity contribution is -0.137. The van der Waals surface area contributed by atoms with Gasteiger partial charge >= 0.3 is 5.97 Å². The lowest BCUT2D eigenvalue weighted by atomic mass is 10.0. The van der Waals surface area contributed by atoms with E-state index < -0.39 is 12.0 Å². The number of carbonyl (C=O) groups excluding carboxylic acids is 2. The van der Waals surface area contributed by atoms with Gasteiger partial charge in [0.2, 0.25) is 11.8 Å². The van der Waals surface area contributed by atoms with E-state index in [0.29, 0.717) is 19.4 Å². The quantitative estimate of drug-likeness (QED) is 0.528. The third-order valence-corrected chi connectivity index (χ3v) is 3.91. The fourth-order valence-corrected chi connectivity index (χ4v) is 2.69. The van der Waals surface area contributed by atoms with Gasteiger partial charge in [0.05, 0.1) is 12.5 Å². The minimum atomic E-state index is -0.962. The number of carboxylic acid groups (broad SMARTS) is 1. The minimum absolute atomic E-state index is 0.0572. The Morgan fingerprint density at radius 1 is 1.21 bits per heavy atom. The summed E-state index contributed by atoms with van der Waals surface area (Å²) in [6.45, 7) is 2.08. The zero-order valence-corrected chi connectivity index (χ0v) is 15.3. The molecule has 0 aliphatic heterocycles. The first-order chi connectivity index (χ1) is 11.4. The topological polar surface area (TPSA) is 95.5 Å². The van der Waals surface area contributed by atoms with E-state index in [1.807, 2.05) is 12.1 Å². The number of amides is 2. The molecule has 132 valence electrons. The molecule has 7 heteroatoms. The van der Waals surface area contributed by atoms with Gasteiger partial charge in [-0.2, -0.15) is 0 Å². The predicted molar refractivity (Wildman–Crippen MR) is 94.4 cm³/mol. The lowest BCUT2D eigenvalue weighted by Gasteiger charge is -2.18. The molecule has 24 heavy (non-hydrogen) atoms. The molecule has 0 spiro atoms. The normalized spacial score (nSPS) is 11.6. The van der Waals surface area contributed by atoms with Crippen molar-refractivity contribution >= 4 is 33.7 Å². The summed E-state index contributed by atoms with van der Waals surface area (Å²) < 4.78 is 0.836. The third-order valence-electron chi connectivity index (χ3n) is 3.42. The molecule has 0 aliphatic carbocycles. The Hall–Kier alpha value is -1.89. The maximum atomic E-state index is 12.0. The highest BCUT2D eigenvalue weighted by atomic mass is 79.9. The van der Waals surface area contributed by atoms with Crippen LogP contribution in [0, 0.1) is 0 Å². The summed E-state index contributed by atoms with van der Waals surface area (Å²) in [5.74, 6) is -1.19. The van der Waals surface area contributed by atoms with Gasteiger partial charge in [0.25, 0.3) is 0 Å². The molecular weight excluding hydrogens is 376 g/mol. The van der Waals surface area contributed by atoms with Crippen LogP contribution in [0.4, 0.5) is 0 Å². The van der Waals surface area contributed by atoms with Crippen LogP contribution in [0.5, 0.6) is 0 Å². The molecular formula is C17H23BrN2O4. The number of aliphatic carboxylic acids is 1. The monoisotopic (exact) mass is 398 g/mol. The number of nitrogens with one attached hydrogen (secondary N) is 2. The van der Waals surface area contributed by atoms with Crippen LogP contribution < -0.4 is 10.6 Å². The maximum absolute atomic E-state index is 12.0. The highest BCUT2D eigenvalue weighted by molar-refractivity contribution is 9.10. The number of carboxylic acids is 1. The van der Waals surface area contributed by atoms with Gasteiger partial charge in [0.1, 0.15) is 0 Å². The SMILES string of the molecule is CC(=O)NCCCCCC(=O)NC(CC(=O)O)c1cccc(Br)c1. The van der Waals surface area contributed by atoms with Crippen LogP contribution in [-0.4, -0.2) is 29.4 Å². The van der Waals surface area contributed by atoms with Crippen LogP contribution in [0.2, 0.25) is 0 Å². The Kier molecular flexibility index (Phi) is 9.07. The third kappa shape index (κ3) is 8.67. The van der Waals surface area contributed by atoms with Crippen molar-refractivity contribution in [1.29, 1.82) is 0 Å². The number of rotatable bonds is 10. The molecule has 1 aromatic rings. The van der Waals surface area contributed by atoms with Crippen LogP contribution in [0.1, 0.15) is 50.6 Å². The van der Waals surface area contributed by atoms with E-state index in [9.17, 15) is 14.4 Å². The van der Waals surface area contributed by atoms with Gasteiger partial charge in [0.15, 0.2) is 0 Å². The molecule has 2 amide bonds. The van der Waals surface area contributed by atoms with Crippen LogP contribution in [0.15, 0.2) is 28.7 Å². The highest BCUT2D eigenvalue weighted by Crippen LogP contribution is 2.21. The van der Waals surface area contributed by atoms with E-state index in [-0.39, 0.29) is 18.2 Å². The second-order valence-electron chi connectivity index (χ2n) is 5.57. The summed E-state index contributed by atoms with van der Waals surface area (Å²) in [5, 5.41) is 14.5. The second-order valence-corrected chi connectivity index (χ2v) is 6.48. The van der Waals surface area contributed by atoms with Crippen molar-refractivity contribution in [3.05, 3.63) is 34.3 Å². The van der Waals surface area contributed by atoms with Crippen molar-refractivity contribution in [1.82, 2.24) is 10.6 Å². The molecule has 3 N–H and O–H groups in total. The van der Waals surface area contributed by atoms with E-state index in [0.717, 1.165) is 22.9 Å². The molecule has 0 aromatic heterocycles. The second kappa shape index (κ2) is 10.8. The summed E-state index contributed by atoms with van der Waals surface area (Å²) in [6, 6.07) is 6.71. The summed E-state index contributed by atoms with van der Waals surface area (Å²) >= 11 is 3.35. The first kappa shape index (κ1) is 20.2. The van der Waals surface area contributed by atoms with E-state index in [4.69, 9.17) is 5.11 Å². The molecule has 1 aromatic carbocycles. The van der Waals surface area contributed by atoms with Gasteiger partial charge in [0, 0.05) is 24.4 Å². The molecule has 0 radical (unpaired) electrons. The number of hydrogen-bond acceptors (Lipinski definition) is 3. The van der Waals surface area contributed by atoms with Gasteiger partial charge < -0.3 is 15.7 Å². The largest absolute Gasteiger partial charge is 0.481 e. The lowest BCUT2D eigenvalue weighted by Crippen LogP contribution is -2.30. The predicted octanol–water partition coefficient (Wildman–Crippen LogP) is 2.78. The van der Waals surface area contributed by atoms with Crippen molar-refractivity contribution in [2.75, 3.05) is 6.54 Å². The van der Waals surface area contributed by atoms with Crippen molar-refractivity contribution in [3.8, 4) is 0 Å². The summed E-state index contributed by atoms with van der Waals surface area (Å²) in [7, 11) is 0. The Morgan fingerprint density at radius 2 is 1.96 bits per heavy atom. The van der Waals surface area contributed by atoms with Crippen LogP contribution in [-0.2, 0) is 14.4 Å². The molecule has 0 heterocycles. The molecule has 0 saturated carbocycles. The average molecular weight is 399 g/mol. The van der Waals surface area contributed by atoms with Crippen molar-refractivity contribution < 1.29 is 19.5 Å².